The van der Waals surface area contributed by atoms with Gasteiger partial charge in [0, 0.05) is 18.0 Å². The smallest absolute Gasteiger partial charge is 0.425 e. The monoisotopic (exact) mass is 573 g/mol. The first-order chi connectivity index (χ1) is 18.5. The van der Waals surface area contributed by atoms with E-state index in [0.29, 0.717) is 16.6 Å². The van der Waals surface area contributed by atoms with Crippen molar-refractivity contribution in [2.45, 2.75) is 102 Å². The largest absolute Gasteiger partial charge is 0.443 e. The molecule has 0 bridgehead atoms. The summed E-state index contributed by atoms with van der Waals surface area (Å²) in [6.07, 6.45) is 6.71. The molecule has 0 radical (unpaired) electrons. The van der Waals surface area contributed by atoms with Gasteiger partial charge >= 0.3 is 12.2 Å². The van der Waals surface area contributed by atoms with Crippen LogP contribution in [0.5, 0.6) is 0 Å². The third-order valence-electron chi connectivity index (χ3n) is 6.10. The van der Waals surface area contributed by atoms with E-state index in [1.165, 1.54) is 6.33 Å². The highest BCUT2D eigenvalue weighted by atomic mass is 32.2. The quantitative estimate of drug-likeness (QED) is 0.498. The Hall–Kier alpha value is -2.85. The van der Waals surface area contributed by atoms with Gasteiger partial charge in [0.2, 0.25) is 0 Å². The van der Waals surface area contributed by atoms with Crippen LogP contribution in [0.3, 0.4) is 0 Å². The number of amides is 2. The summed E-state index contributed by atoms with van der Waals surface area (Å²) >= 11 is 1.70. The summed E-state index contributed by atoms with van der Waals surface area (Å²) in [5.74, 6) is 1.91. The second kappa shape index (κ2) is 10.9. The van der Waals surface area contributed by atoms with Crippen molar-refractivity contribution in [1.29, 1.82) is 0 Å². The SMILES string of the molecule is C#Cc1cn([C@@H]2S[C@H](CNCC)[C@H]3OC(C)(C)O[C@H]32)c2ncnc(N(C(=O)OC(C)(C)C)C(=O)OC(C)(C)C)c12. The normalized spacial score (nSPS) is 24.0. The van der Waals surface area contributed by atoms with Gasteiger partial charge in [0.05, 0.1) is 10.9 Å². The second-order valence-electron chi connectivity index (χ2n) is 12.2. The second-order valence-corrected chi connectivity index (χ2v) is 13.6. The molecular weight excluding hydrogens is 534 g/mol. The van der Waals surface area contributed by atoms with Crippen molar-refractivity contribution in [3.05, 3.63) is 18.1 Å². The molecule has 40 heavy (non-hydrogen) atoms. The molecule has 218 valence electrons. The van der Waals surface area contributed by atoms with Gasteiger partial charge < -0.3 is 28.8 Å². The van der Waals surface area contributed by atoms with Crippen LogP contribution in [0.2, 0.25) is 0 Å². The zero-order valence-electron chi connectivity index (χ0n) is 24.6. The van der Waals surface area contributed by atoms with Crippen molar-refractivity contribution in [3.63, 3.8) is 0 Å². The molecule has 12 heteroatoms. The van der Waals surface area contributed by atoms with Gasteiger partial charge in [-0.25, -0.2) is 19.6 Å². The molecule has 0 aliphatic carbocycles. The number of thioether (sulfide) groups is 1. The zero-order valence-corrected chi connectivity index (χ0v) is 25.4. The van der Waals surface area contributed by atoms with Gasteiger partial charge in [0.15, 0.2) is 11.6 Å². The molecule has 2 aliphatic rings. The third-order valence-corrected chi connectivity index (χ3v) is 7.66. The molecule has 0 spiro atoms. The lowest BCUT2D eigenvalue weighted by Crippen LogP contribution is -2.44. The van der Waals surface area contributed by atoms with Crippen LogP contribution in [-0.4, -0.2) is 74.3 Å². The fourth-order valence-corrected chi connectivity index (χ4v) is 6.33. The van der Waals surface area contributed by atoms with Gasteiger partial charge in [0.1, 0.15) is 40.8 Å². The molecule has 2 saturated heterocycles. The Balaban J connectivity index is 1.84. The van der Waals surface area contributed by atoms with Crippen LogP contribution in [0.4, 0.5) is 15.4 Å². The van der Waals surface area contributed by atoms with Gasteiger partial charge in [-0.15, -0.1) is 18.2 Å². The van der Waals surface area contributed by atoms with E-state index in [4.69, 9.17) is 25.4 Å². The van der Waals surface area contributed by atoms with Crippen LogP contribution in [0.1, 0.15) is 73.3 Å². The van der Waals surface area contributed by atoms with Gasteiger partial charge in [-0.1, -0.05) is 12.8 Å². The number of fused-ring (bicyclic) bond motifs is 2. The van der Waals surface area contributed by atoms with Crippen molar-refractivity contribution in [3.8, 4) is 12.3 Å². The maximum atomic E-state index is 13.4. The van der Waals surface area contributed by atoms with E-state index in [1.54, 1.807) is 59.5 Å². The minimum absolute atomic E-state index is 0.0205. The number of hydrogen-bond donors (Lipinski definition) is 1. The van der Waals surface area contributed by atoms with Crippen LogP contribution < -0.4 is 10.2 Å². The Morgan fingerprint density at radius 3 is 2.27 bits per heavy atom. The molecule has 11 nitrogen and oxygen atoms in total. The lowest BCUT2D eigenvalue weighted by atomic mass is 10.1. The molecule has 2 fully saturated rings. The third kappa shape index (κ3) is 6.22. The Morgan fingerprint density at radius 2 is 1.73 bits per heavy atom. The number of anilines is 1. The van der Waals surface area contributed by atoms with Crippen molar-refractivity contribution in [2.75, 3.05) is 18.0 Å². The Morgan fingerprint density at radius 1 is 1.12 bits per heavy atom. The fourth-order valence-electron chi connectivity index (χ4n) is 4.74. The molecule has 1 N–H and O–H groups in total. The van der Waals surface area contributed by atoms with E-state index in [2.05, 4.69) is 28.1 Å². The Kier molecular flexibility index (Phi) is 8.17. The molecular formula is C28H39N5O6S. The minimum Gasteiger partial charge on any atom is -0.443 e. The van der Waals surface area contributed by atoms with Crippen LogP contribution in [0.25, 0.3) is 11.0 Å². The molecule has 2 aromatic heterocycles. The summed E-state index contributed by atoms with van der Waals surface area (Å²) in [6.45, 7) is 17.7. The average molecular weight is 574 g/mol. The van der Waals surface area contributed by atoms with E-state index in [-0.39, 0.29) is 28.6 Å². The number of terminal acetylenes is 1. The topological polar surface area (TPSA) is 117 Å². The zero-order chi connectivity index (χ0) is 29.6. The predicted molar refractivity (Wildman–Crippen MR) is 153 cm³/mol. The first kappa shape index (κ1) is 30.1. The van der Waals surface area contributed by atoms with Crippen molar-refractivity contribution in [2.24, 2.45) is 0 Å². The number of carbonyl (C=O) groups excluding carboxylic acids is 2. The molecule has 4 atom stereocenters. The highest BCUT2D eigenvalue weighted by Gasteiger charge is 2.55. The number of nitrogens with zero attached hydrogens (tertiary/aromatic N) is 4. The number of hydrogen-bond acceptors (Lipinski definition) is 10. The Bertz CT molecular complexity index is 1290. The lowest BCUT2D eigenvalue weighted by Gasteiger charge is -2.28. The minimum atomic E-state index is -0.937. The van der Waals surface area contributed by atoms with Gasteiger partial charge in [-0.05, 0) is 61.9 Å². The maximum Gasteiger partial charge on any atom is 0.425 e. The van der Waals surface area contributed by atoms with Gasteiger partial charge in [-0.3, -0.25) is 0 Å². The van der Waals surface area contributed by atoms with E-state index in [0.717, 1.165) is 18.0 Å². The summed E-state index contributed by atoms with van der Waals surface area (Å²) in [6, 6.07) is 0. The molecule has 0 saturated carbocycles. The maximum absolute atomic E-state index is 13.4. The standard InChI is InChI=1S/C28H39N5O6S/c1-11-16-14-32(23-20-19(36-28(9,10)37-20)17(40-23)13-29-12-2)21-18(16)22(31-15-30-21)33(24(34)38-26(3,4)5)25(35)39-27(6,7)8/h1,14-15,17,19-20,23,29H,12-13H2,2-10H3/t17-,19-,20-,23-/m1/s1. The van der Waals surface area contributed by atoms with E-state index < -0.39 is 29.2 Å². The Labute approximate surface area is 239 Å². The van der Waals surface area contributed by atoms with Gasteiger partial charge in [0.25, 0.3) is 0 Å². The molecule has 2 aliphatic heterocycles. The molecule has 2 amide bonds. The highest BCUT2D eigenvalue weighted by molar-refractivity contribution is 8.00. The van der Waals surface area contributed by atoms with Crippen LogP contribution in [-0.2, 0) is 18.9 Å². The number of rotatable bonds is 5. The number of nitrogens with one attached hydrogen (secondary N) is 1. The van der Waals surface area contributed by atoms with Crippen molar-refractivity contribution >= 4 is 40.8 Å². The first-order valence-electron chi connectivity index (χ1n) is 13.4. The van der Waals surface area contributed by atoms with Crippen molar-refractivity contribution in [1.82, 2.24) is 19.9 Å². The molecule has 0 unspecified atom stereocenters. The fraction of sp³-hybridized carbons (Fsp3) is 0.643. The molecule has 2 aromatic rings. The number of imide groups is 1. The van der Waals surface area contributed by atoms with Crippen molar-refractivity contribution < 1.29 is 28.5 Å². The lowest BCUT2D eigenvalue weighted by molar-refractivity contribution is -0.148. The summed E-state index contributed by atoms with van der Waals surface area (Å²) in [5, 5.41) is 3.64. The summed E-state index contributed by atoms with van der Waals surface area (Å²) in [7, 11) is 0. The number of carbonyl (C=O) groups is 2. The van der Waals surface area contributed by atoms with Gasteiger partial charge in [-0.2, -0.15) is 4.90 Å². The van der Waals surface area contributed by atoms with E-state index in [9.17, 15) is 9.59 Å². The van der Waals surface area contributed by atoms with E-state index in [1.807, 2.05) is 18.4 Å². The van der Waals surface area contributed by atoms with E-state index >= 15 is 0 Å². The van der Waals surface area contributed by atoms with Crippen LogP contribution >= 0.6 is 11.8 Å². The number of ether oxygens (including phenoxy) is 4. The summed E-state index contributed by atoms with van der Waals surface area (Å²) in [5.41, 5.74) is -0.904. The molecule has 4 rings (SSSR count). The molecule has 4 heterocycles. The van der Waals surface area contributed by atoms with Crippen LogP contribution in [0, 0.1) is 12.3 Å². The summed E-state index contributed by atoms with van der Waals surface area (Å²) in [4.78, 5) is 36.4. The number of aromatic nitrogens is 3. The average Bonchev–Trinajstić information content (AvgIpc) is 3.44. The first-order valence-corrected chi connectivity index (χ1v) is 14.3. The highest BCUT2D eigenvalue weighted by Crippen LogP contribution is 2.52. The molecule has 0 aromatic carbocycles. The predicted octanol–water partition coefficient (Wildman–Crippen LogP) is 4.83. The van der Waals surface area contributed by atoms with Crippen LogP contribution in [0.15, 0.2) is 12.5 Å². The summed E-state index contributed by atoms with van der Waals surface area (Å²) < 4.78 is 25.7.